The van der Waals surface area contributed by atoms with Gasteiger partial charge in [0.1, 0.15) is 0 Å². The molecule has 0 aliphatic carbocycles. The molecule has 6 nitrogen and oxygen atoms in total. The highest BCUT2D eigenvalue weighted by molar-refractivity contribution is 9.10. The monoisotopic (exact) mass is 387 g/mol. The van der Waals surface area contributed by atoms with Crippen molar-refractivity contribution in [3.8, 4) is 5.75 Å². The second-order valence-corrected chi connectivity index (χ2v) is 6.36. The van der Waals surface area contributed by atoms with Crippen molar-refractivity contribution < 1.29 is 18.7 Å². The van der Waals surface area contributed by atoms with Gasteiger partial charge < -0.3 is 15.8 Å². The van der Waals surface area contributed by atoms with Gasteiger partial charge in [-0.2, -0.15) is 0 Å². The van der Waals surface area contributed by atoms with Crippen LogP contribution >= 0.6 is 15.9 Å². The van der Waals surface area contributed by atoms with Crippen LogP contribution < -0.4 is 15.8 Å². The third-order valence-electron chi connectivity index (χ3n) is 3.58. The fourth-order valence-electron chi connectivity index (χ4n) is 2.46. The zero-order chi connectivity index (χ0) is 16.8. The first kappa shape index (κ1) is 17.7. The van der Waals surface area contributed by atoms with E-state index in [0.29, 0.717) is 17.6 Å². The molecule has 1 aliphatic heterocycles. The quantitative estimate of drug-likeness (QED) is 0.763. The fraction of sp³-hybridized carbons (Fsp3) is 0.467. The van der Waals surface area contributed by atoms with Crippen LogP contribution in [0.15, 0.2) is 22.7 Å². The van der Waals surface area contributed by atoms with Crippen LogP contribution in [-0.4, -0.2) is 49.0 Å². The summed E-state index contributed by atoms with van der Waals surface area (Å²) in [6.07, 6.45) is 1.48. The fourth-order valence-corrected chi connectivity index (χ4v) is 2.79. The predicted octanol–water partition coefficient (Wildman–Crippen LogP) is 1.03. The summed E-state index contributed by atoms with van der Waals surface area (Å²) >= 11 is 3.15. The molecule has 2 rings (SSSR count). The normalized spacial score (nSPS) is 16.1. The number of hydrogen-bond donors (Lipinski definition) is 2. The highest BCUT2D eigenvalue weighted by Crippen LogP contribution is 2.21. The molecule has 8 heteroatoms. The lowest BCUT2D eigenvalue weighted by molar-refractivity contribution is -0.124. The van der Waals surface area contributed by atoms with Gasteiger partial charge in [0, 0.05) is 23.6 Å². The van der Waals surface area contributed by atoms with Crippen molar-refractivity contribution >= 4 is 27.7 Å². The van der Waals surface area contributed by atoms with Crippen LogP contribution in [-0.2, 0) is 9.59 Å². The maximum Gasteiger partial charge on any atom is 0.258 e. The summed E-state index contributed by atoms with van der Waals surface area (Å²) in [5.41, 5.74) is 5.15. The van der Waals surface area contributed by atoms with E-state index < -0.39 is 5.82 Å². The molecule has 1 fully saturated rings. The third kappa shape index (κ3) is 5.80. The SMILES string of the molecule is NC(=O)CN1CCC(NC(=O)COc2ccc(Br)cc2F)CC1. The minimum Gasteiger partial charge on any atom is -0.481 e. The molecule has 0 aromatic heterocycles. The molecule has 2 amide bonds. The topological polar surface area (TPSA) is 84.7 Å². The van der Waals surface area contributed by atoms with Gasteiger partial charge in [-0.25, -0.2) is 4.39 Å². The minimum atomic E-state index is -0.521. The summed E-state index contributed by atoms with van der Waals surface area (Å²) in [5.74, 6) is -1.12. The molecule has 0 radical (unpaired) electrons. The number of nitrogens with zero attached hydrogens (tertiary/aromatic N) is 1. The molecular formula is C15H19BrFN3O3. The average Bonchev–Trinajstić information content (AvgIpc) is 2.48. The lowest BCUT2D eigenvalue weighted by Gasteiger charge is -2.31. The Kier molecular flexibility index (Phi) is 6.35. The summed E-state index contributed by atoms with van der Waals surface area (Å²) in [5, 5.41) is 2.86. The van der Waals surface area contributed by atoms with Crippen molar-refractivity contribution in [1.29, 1.82) is 0 Å². The number of carbonyl (C=O) groups excluding carboxylic acids is 2. The number of halogens is 2. The molecule has 1 heterocycles. The maximum atomic E-state index is 13.6. The first-order chi connectivity index (χ1) is 10.9. The number of hydrogen-bond acceptors (Lipinski definition) is 4. The van der Waals surface area contributed by atoms with Gasteiger partial charge >= 0.3 is 0 Å². The third-order valence-corrected chi connectivity index (χ3v) is 4.08. The zero-order valence-corrected chi connectivity index (χ0v) is 14.1. The van der Waals surface area contributed by atoms with Crippen molar-refractivity contribution in [3.05, 3.63) is 28.5 Å². The van der Waals surface area contributed by atoms with Crippen LogP contribution in [0.25, 0.3) is 0 Å². The van der Waals surface area contributed by atoms with E-state index in [1.54, 1.807) is 6.07 Å². The smallest absolute Gasteiger partial charge is 0.258 e. The molecule has 23 heavy (non-hydrogen) atoms. The molecule has 1 saturated heterocycles. The van der Waals surface area contributed by atoms with E-state index in [1.165, 1.54) is 12.1 Å². The Balaban J connectivity index is 1.72. The van der Waals surface area contributed by atoms with Gasteiger partial charge in [0.05, 0.1) is 6.54 Å². The molecule has 126 valence electrons. The van der Waals surface area contributed by atoms with Crippen LogP contribution in [0.3, 0.4) is 0 Å². The summed E-state index contributed by atoms with van der Waals surface area (Å²) in [7, 11) is 0. The highest BCUT2D eigenvalue weighted by Gasteiger charge is 2.21. The van der Waals surface area contributed by atoms with E-state index in [2.05, 4.69) is 21.2 Å². The van der Waals surface area contributed by atoms with Crippen molar-refractivity contribution in [1.82, 2.24) is 10.2 Å². The molecule has 1 aliphatic rings. The largest absolute Gasteiger partial charge is 0.481 e. The number of amides is 2. The lowest BCUT2D eigenvalue weighted by Crippen LogP contribution is -2.47. The number of likely N-dealkylation sites (tertiary alicyclic amines) is 1. The molecule has 1 aromatic carbocycles. The number of nitrogens with two attached hydrogens (primary N) is 1. The number of rotatable bonds is 6. The molecule has 0 bridgehead atoms. The van der Waals surface area contributed by atoms with Gasteiger partial charge in [-0.05, 0) is 31.0 Å². The van der Waals surface area contributed by atoms with Gasteiger partial charge in [0.15, 0.2) is 18.2 Å². The van der Waals surface area contributed by atoms with E-state index >= 15 is 0 Å². The number of nitrogens with one attached hydrogen (secondary N) is 1. The van der Waals surface area contributed by atoms with E-state index in [9.17, 15) is 14.0 Å². The van der Waals surface area contributed by atoms with E-state index in [0.717, 1.165) is 12.8 Å². The summed E-state index contributed by atoms with van der Waals surface area (Å²) in [6.45, 7) is 1.42. The first-order valence-electron chi connectivity index (χ1n) is 7.32. The Morgan fingerprint density at radius 3 is 2.70 bits per heavy atom. The minimum absolute atomic E-state index is 0.0324. The summed E-state index contributed by atoms with van der Waals surface area (Å²) in [6, 6.07) is 4.42. The van der Waals surface area contributed by atoms with Crippen molar-refractivity contribution in [3.63, 3.8) is 0 Å². The number of carbonyl (C=O) groups is 2. The van der Waals surface area contributed by atoms with E-state index in [1.807, 2.05) is 4.90 Å². The summed E-state index contributed by atoms with van der Waals surface area (Å²) < 4.78 is 19.4. The number of primary amides is 1. The molecular weight excluding hydrogens is 369 g/mol. The van der Waals surface area contributed by atoms with Gasteiger partial charge in [-0.15, -0.1) is 0 Å². The van der Waals surface area contributed by atoms with E-state index in [4.69, 9.17) is 10.5 Å². The Morgan fingerprint density at radius 2 is 2.09 bits per heavy atom. The molecule has 0 atom stereocenters. The van der Waals surface area contributed by atoms with Gasteiger partial charge in [-0.1, -0.05) is 15.9 Å². The second-order valence-electron chi connectivity index (χ2n) is 5.45. The predicted molar refractivity (Wildman–Crippen MR) is 86.4 cm³/mol. The van der Waals surface area contributed by atoms with Gasteiger partial charge in [0.25, 0.3) is 5.91 Å². The van der Waals surface area contributed by atoms with Crippen LogP contribution in [0.4, 0.5) is 4.39 Å². The van der Waals surface area contributed by atoms with Gasteiger partial charge in [0.2, 0.25) is 5.91 Å². The molecule has 1 aromatic rings. The zero-order valence-electron chi connectivity index (χ0n) is 12.6. The van der Waals surface area contributed by atoms with E-state index in [-0.39, 0.29) is 36.8 Å². The van der Waals surface area contributed by atoms with Gasteiger partial charge in [-0.3, -0.25) is 14.5 Å². The van der Waals surface area contributed by atoms with Crippen LogP contribution in [0.1, 0.15) is 12.8 Å². The van der Waals surface area contributed by atoms with Crippen molar-refractivity contribution in [2.24, 2.45) is 5.73 Å². The molecule has 3 N–H and O–H groups in total. The lowest BCUT2D eigenvalue weighted by atomic mass is 10.1. The molecule has 0 saturated carbocycles. The number of ether oxygens (including phenoxy) is 1. The Morgan fingerprint density at radius 1 is 1.39 bits per heavy atom. The van der Waals surface area contributed by atoms with Crippen molar-refractivity contribution in [2.45, 2.75) is 18.9 Å². The Labute approximate surface area is 142 Å². The maximum absolute atomic E-state index is 13.6. The second kappa shape index (κ2) is 8.26. The van der Waals surface area contributed by atoms with Crippen molar-refractivity contribution in [2.75, 3.05) is 26.2 Å². The number of benzene rings is 1. The average molecular weight is 388 g/mol. The molecule has 0 spiro atoms. The van der Waals surface area contributed by atoms with Crippen LogP contribution in [0.5, 0.6) is 5.75 Å². The first-order valence-corrected chi connectivity index (χ1v) is 8.11. The Hall–Kier alpha value is -1.67. The summed E-state index contributed by atoms with van der Waals surface area (Å²) in [4.78, 5) is 24.7. The highest BCUT2D eigenvalue weighted by atomic mass is 79.9. The molecule has 0 unspecified atom stereocenters. The standard InChI is InChI=1S/C15H19BrFN3O3/c16-10-1-2-13(12(17)7-10)23-9-15(22)19-11-3-5-20(6-4-11)8-14(18)21/h1-2,7,11H,3-6,8-9H2,(H2,18,21)(H,19,22). The number of piperidine rings is 1. The van der Waals surface area contributed by atoms with Crippen LogP contribution in [0, 0.1) is 5.82 Å². The van der Waals surface area contributed by atoms with Crippen LogP contribution in [0.2, 0.25) is 0 Å². The Bertz CT molecular complexity index is 577.